The highest BCUT2D eigenvalue weighted by atomic mass is 79.9. The van der Waals surface area contributed by atoms with Crippen LogP contribution in [0.25, 0.3) is 16.8 Å². The summed E-state index contributed by atoms with van der Waals surface area (Å²) < 4.78 is 12.6. The maximum Gasteiger partial charge on any atom is 0.266 e. The molecule has 0 saturated carbocycles. The molecule has 0 heterocycles. The summed E-state index contributed by atoms with van der Waals surface area (Å²) in [6, 6.07) is 28.6. The Morgan fingerprint density at radius 1 is 0.971 bits per heavy atom. The summed E-state index contributed by atoms with van der Waals surface area (Å²) in [4.78, 5) is 12.9. The minimum atomic E-state index is -0.494. The number of fused-ring (bicyclic) bond motifs is 1. The van der Waals surface area contributed by atoms with Crippen LogP contribution in [0.2, 0.25) is 0 Å². The summed E-state index contributed by atoms with van der Waals surface area (Å²) in [5, 5.41) is 14.4. The van der Waals surface area contributed by atoms with Gasteiger partial charge in [0.15, 0.2) is 0 Å². The molecule has 0 saturated heterocycles. The molecule has 0 aliphatic carbocycles. The first-order chi connectivity index (χ1) is 17.1. The van der Waals surface area contributed by atoms with Gasteiger partial charge in [-0.2, -0.15) is 5.26 Å². The summed E-state index contributed by atoms with van der Waals surface area (Å²) in [5.41, 5.74) is 2.30. The number of anilines is 1. The van der Waals surface area contributed by atoms with E-state index in [4.69, 9.17) is 9.47 Å². The number of hydrogen-bond donors (Lipinski definition) is 1. The van der Waals surface area contributed by atoms with Gasteiger partial charge in [-0.15, -0.1) is 0 Å². The van der Waals surface area contributed by atoms with Crippen molar-refractivity contribution in [2.24, 2.45) is 0 Å². The Hall–Kier alpha value is -4.08. The lowest BCUT2D eigenvalue weighted by Gasteiger charge is -2.12. The first kappa shape index (κ1) is 24.1. The Morgan fingerprint density at radius 3 is 2.43 bits per heavy atom. The van der Waals surface area contributed by atoms with Gasteiger partial charge in [0.05, 0.1) is 6.61 Å². The van der Waals surface area contributed by atoms with Crippen molar-refractivity contribution in [2.75, 3.05) is 11.9 Å². The highest BCUT2D eigenvalue weighted by molar-refractivity contribution is 9.10. The maximum absolute atomic E-state index is 12.9. The minimum absolute atomic E-state index is 0.0159. The zero-order chi connectivity index (χ0) is 24.6. The molecule has 0 radical (unpaired) electrons. The van der Waals surface area contributed by atoms with Gasteiger partial charge in [0.25, 0.3) is 5.91 Å². The van der Waals surface area contributed by atoms with E-state index in [0.717, 1.165) is 20.8 Å². The first-order valence-corrected chi connectivity index (χ1v) is 11.9. The SMILES string of the molecule is CCOc1ccc2ccccc2c1/C=C(\C#N)C(=O)Nc1ccc(OCc2ccc(Br)cc2)cc1. The normalized spacial score (nSPS) is 11.1. The molecule has 1 amide bonds. The maximum atomic E-state index is 12.9. The van der Waals surface area contributed by atoms with Crippen LogP contribution in [0.1, 0.15) is 18.1 Å². The zero-order valence-electron chi connectivity index (χ0n) is 19.1. The number of carbonyl (C=O) groups excluding carboxylic acids is 1. The number of amides is 1. The lowest BCUT2D eigenvalue weighted by atomic mass is 10.0. The number of carbonyl (C=O) groups is 1. The molecule has 0 unspecified atom stereocenters. The topological polar surface area (TPSA) is 71.3 Å². The van der Waals surface area contributed by atoms with E-state index in [2.05, 4.69) is 21.2 Å². The molecule has 0 aliphatic rings. The molecule has 4 aromatic carbocycles. The summed E-state index contributed by atoms with van der Waals surface area (Å²) >= 11 is 3.42. The van der Waals surface area contributed by atoms with Crippen LogP contribution in [-0.4, -0.2) is 12.5 Å². The number of nitrogens with one attached hydrogen (secondary N) is 1. The molecule has 0 atom stereocenters. The number of rotatable bonds is 8. The third-order valence-electron chi connectivity index (χ3n) is 5.32. The Balaban J connectivity index is 1.49. The van der Waals surface area contributed by atoms with Crippen molar-refractivity contribution < 1.29 is 14.3 Å². The summed E-state index contributed by atoms with van der Waals surface area (Å²) in [6.07, 6.45) is 1.58. The molecule has 174 valence electrons. The number of benzene rings is 4. The molecule has 1 N–H and O–H groups in total. The van der Waals surface area contributed by atoms with Crippen molar-refractivity contribution >= 4 is 44.4 Å². The number of nitriles is 1. The summed E-state index contributed by atoms with van der Waals surface area (Å²) in [6.45, 7) is 2.81. The van der Waals surface area contributed by atoms with E-state index in [0.29, 0.717) is 36.0 Å². The number of ether oxygens (including phenoxy) is 2. The van der Waals surface area contributed by atoms with Crippen molar-refractivity contribution in [1.29, 1.82) is 5.26 Å². The van der Waals surface area contributed by atoms with Crippen LogP contribution in [-0.2, 0) is 11.4 Å². The highest BCUT2D eigenvalue weighted by Crippen LogP contribution is 2.30. The van der Waals surface area contributed by atoms with E-state index in [1.54, 1.807) is 30.3 Å². The van der Waals surface area contributed by atoms with Crippen molar-refractivity contribution in [3.8, 4) is 17.6 Å². The van der Waals surface area contributed by atoms with Crippen LogP contribution in [0.4, 0.5) is 5.69 Å². The van der Waals surface area contributed by atoms with E-state index in [1.165, 1.54) is 0 Å². The summed E-state index contributed by atoms with van der Waals surface area (Å²) in [7, 11) is 0. The van der Waals surface area contributed by atoms with Crippen LogP contribution in [0, 0.1) is 11.3 Å². The fourth-order valence-corrected chi connectivity index (χ4v) is 3.84. The third kappa shape index (κ3) is 6.08. The van der Waals surface area contributed by atoms with Gasteiger partial charge in [0.1, 0.15) is 29.7 Å². The smallest absolute Gasteiger partial charge is 0.266 e. The van der Waals surface area contributed by atoms with Crippen LogP contribution < -0.4 is 14.8 Å². The van der Waals surface area contributed by atoms with E-state index in [1.807, 2.05) is 73.7 Å². The van der Waals surface area contributed by atoms with Crippen molar-refractivity contribution in [1.82, 2.24) is 0 Å². The van der Waals surface area contributed by atoms with Gasteiger partial charge in [-0.1, -0.05) is 58.4 Å². The van der Waals surface area contributed by atoms with Gasteiger partial charge in [0, 0.05) is 15.7 Å². The average molecular weight is 527 g/mol. The Kier molecular flexibility index (Phi) is 7.81. The number of hydrogen-bond acceptors (Lipinski definition) is 4. The predicted molar refractivity (Wildman–Crippen MR) is 142 cm³/mol. The quantitative estimate of drug-likeness (QED) is 0.196. The molecule has 4 rings (SSSR count). The standard InChI is InChI=1S/C29H23BrN2O3/c1-2-34-28-16-9-21-5-3-4-6-26(21)27(28)17-22(18-31)29(33)32-24-12-14-25(15-13-24)35-19-20-7-10-23(30)11-8-20/h3-17H,2,19H2,1H3,(H,32,33)/b22-17+. The fraction of sp³-hybridized carbons (Fsp3) is 0.103. The molecule has 0 aliphatic heterocycles. The van der Waals surface area contributed by atoms with Crippen molar-refractivity contribution in [3.63, 3.8) is 0 Å². The average Bonchev–Trinajstić information content (AvgIpc) is 2.88. The Labute approximate surface area is 212 Å². The van der Waals surface area contributed by atoms with Crippen molar-refractivity contribution in [2.45, 2.75) is 13.5 Å². The van der Waals surface area contributed by atoms with Crippen LogP contribution in [0.3, 0.4) is 0 Å². The number of halogens is 1. The van der Waals surface area contributed by atoms with Gasteiger partial charge >= 0.3 is 0 Å². The molecule has 0 aromatic heterocycles. The molecule has 4 aromatic rings. The minimum Gasteiger partial charge on any atom is -0.493 e. The van der Waals surface area contributed by atoms with E-state index < -0.39 is 5.91 Å². The van der Waals surface area contributed by atoms with Crippen LogP contribution in [0.15, 0.2) is 95.0 Å². The zero-order valence-corrected chi connectivity index (χ0v) is 20.7. The molecule has 0 bridgehead atoms. The lowest BCUT2D eigenvalue weighted by Crippen LogP contribution is -2.13. The molecular formula is C29H23BrN2O3. The van der Waals surface area contributed by atoms with Gasteiger partial charge in [-0.25, -0.2) is 0 Å². The van der Waals surface area contributed by atoms with Gasteiger partial charge in [-0.3, -0.25) is 4.79 Å². The van der Waals surface area contributed by atoms with E-state index in [-0.39, 0.29) is 5.57 Å². The summed E-state index contributed by atoms with van der Waals surface area (Å²) in [5.74, 6) is 0.810. The lowest BCUT2D eigenvalue weighted by molar-refractivity contribution is -0.112. The molecule has 5 nitrogen and oxygen atoms in total. The monoisotopic (exact) mass is 526 g/mol. The van der Waals surface area contributed by atoms with Gasteiger partial charge in [0.2, 0.25) is 0 Å². The second-order valence-corrected chi connectivity index (χ2v) is 8.61. The fourth-order valence-electron chi connectivity index (χ4n) is 3.58. The molecule has 35 heavy (non-hydrogen) atoms. The molecule has 0 spiro atoms. The largest absolute Gasteiger partial charge is 0.493 e. The first-order valence-electron chi connectivity index (χ1n) is 11.1. The van der Waals surface area contributed by atoms with Crippen molar-refractivity contribution in [3.05, 3.63) is 106 Å². The van der Waals surface area contributed by atoms with E-state index >= 15 is 0 Å². The van der Waals surface area contributed by atoms with E-state index in [9.17, 15) is 10.1 Å². The van der Waals surface area contributed by atoms with Gasteiger partial charge in [-0.05, 0) is 71.8 Å². The number of nitrogens with zero attached hydrogens (tertiary/aromatic N) is 1. The van der Waals surface area contributed by atoms with Gasteiger partial charge < -0.3 is 14.8 Å². The van der Waals surface area contributed by atoms with Crippen LogP contribution in [0.5, 0.6) is 11.5 Å². The second-order valence-electron chi connectivity index (χ2n) is 7.69. The predicted octanol–water partition coefficient (Wildman–Crippen LogP) is 7.13. The second kappa shape index (κ2) is 11.4. The Morgan fingerprint density at radius 2 is 1.71 bits per heavy atom. The third-order valence-corrected chi connectivity index (χ3v) is 5.84. The highest BCUT2D eigenvalue weighted by Gasteiger charge is 2.14. The van der Waals surface area contributed by atoms with Crippen LogP contribution >= 0.6 is 15.9 Å². The molecular weight excluding hydrogens is 504 g/mol. The Bertz CT molecular complexity index is 1410. The molecule has 0 fully saturated rings. The molecule has 6 heteroatoms.